The summed E-state index contributed by atoms with van der Waals surface area (Å²) in [4.78, 5) is 16.6. The summed E-state index contributed by atoms with van der Waals surface area (Å²) in [6.45, 7) is 4.01. The molecule has 0 saturated carbocycles. The number of hydrogen-bond acceptors (Lipinski definition) is 5. The van der Waals surface area contributed by atoms with E-state index in [-0.39, 0.29) is 5.91 Å². The van der Waals surface area contributed by atoms with Crippen LogP contribution in [0.25, 0.3) is 0 Å². The van der Waals surface area contributed by atoms with Crippen LogP contribution in [0.5, 0.6) is 0 Å². The van der Waals surface area contributed by atoms with E-state index in [2.05, 4.69) is 37.9 Å². The van der Waals surface area contributed by atoms with E-state index in [1.165, 1.54) is 4.88 Å². The Kier molecular flexibility index (Phi) is 4.26. The zero-order chi connectivity index (χ0) is 18.2. The van der Waals surface area contributed by atoms with Gasteiger partial charge < -0.3 is 9.88 Å². The fourth-order valence-electron chi connectivity index (χ4n) is 4.25. The number of carbonyl (C=O) groups is 1. The summed E-state index contributed by atoms with van der Waals surface area (Å²) in [6.07, 6.45) is 0.900. The predicted molar refractivity (Wildman–Crippen MR) is 105 cm³/mol. The molecule has 0 radical (unpaired) electrons. The molecule has 1 amide bonds. The van der Waals surface area contributed by atoms with Crippen LogP contribution in [0, 0.1) is 11.8 Å². The van der Waals surface area contributed by atoms with E-state index in [9.17, 15) is 4.79 Å². The number of para-hydroxylation sites is 1. The summed E-state index contributed by atoms with van der Waals surface area (Å²) in [5.41, 5.74) is 0.775. The minimum atomic E-state index is -0.188. The van der Waals surface area contributed by atoms with E-state index in [0.717, 1.165) is 44.1 Å². The van der Waals surface area contributed by atoms with Gasteiger partial charge in [-0.1, -0.05) is 24.3 Å². The lowest BCUT2D eigenvalue weighted by atomic mass is 9.89. The fraction of sp³-hybridized carbons (Fsp3) is 0.350. The maximum atomic E-state index is 12.7. The number of aromatic nitrogens is 3. The number of carbonyl (C=O) groups excluding carboxylic acids is 1. The van der Waals surface area contributed by atoms with Crippen molar-refractivity contribution < 1.29 is 4.79 Å². The first kappa shape index (κ1) is 16.6. The average Bonchev–Trinajstić information content (AvgIpc) is 3.40. The highest BCUT2D eigenvalue weighted by Gasteiger charge is 2.39. The Morgan fingerprint density at radius 2 is 1.93 bits per heavy atom. The molecule has 1 aromatic carbocycles. The first-order valence-electron chi connectivity index (χ1n) is 9.29. The second kappa shape index (κ2) is 6.90. The van der Waals surface area contributed by atoms with Crippen molar-refractivity contribution in [2.75, 3.05) is 18.4 Å². The van der Waals surface area contributed by atoms with Crippen LogP contribution >= 0.6 is 11.3 Å². The maximum Gasteiger partial charge on any atom is 0.293 e. The lowest BCUT2D eigenvalue weighted by molar-refractivity contribution is 0.100. The van der Waals surface area contributed by atoms with Gasteiger partial charge in [-0.25, -0.2) is 0 Å². The molecule has 1 N–H and O–H groups in total. The van der Waals surface area contributed by atoms with E-state index < -0.39 is 0 Å². The summed E-state index contributed by atoms with van der Waals surface area (Å²) < 4.78 is 2.02. The van der Waals surface area contributed by atoms with Crippen LogP contribution in [0.15, 0.2) is 47.8 Å². The van der Waals surface area contributed by atoms with Gasteiger partial charge >= 0.3 is 0 Å². The number of hydrogen-bond donors (Lipinski definition) is 1. The van der Waals surface area contributed by atoms with Crippen LogP contribution in [0.3, 0.4) is 0 Å². The summed E-state index contributed by atoms with van der Waals surface area (Å²) in [6, 6.07) is 13.8. The molecular formula is C20H21N5OS. The number of likely N-dealkylation sites (tertiary alicyclic amines) is 1. The van der Waals surface area contributed by atoms with Crippen LogP contribution in [0.4, 0.5) is 5.69 Å². The Labute approximate surface area is 161 Å². The third-order valence-electron chi connectivity index (χ3n) is 5.54. The van der Waals surface area contributed by atoms with Gasteiger partial charge in [0.1, 0.15) is 5.82 Å². The molecule has 5 rings (SSSR count). The molecule has 4 heterocycles. The lowest BCUT2D eigenvalue weighted by Crippen LogP contribution is -2.31. The fourth-order valence-corrected chi connectivity index (χ4v) is 5.00. The van der Waals surface area contributed by atoms with Crippen molar-refractivity contribution in [2.24, 2.45) is 11.8 Å². The number of fused-ring (bicyclic) bond motifs is 2. The SMILES string of the molecule is O=C(Nc1ccccc1)c1nnc2n1C[C@H]1CN(Cc3cccs3)C[C@H]1C2. The van der Waals surface area contributed by atoms with Crippen LogP contribution in [-0.4, -0.2) is 38.7 Å². The van der Waals surface area contributed by atoms with Crippen molar-refractivity contribution >= 4 is 22.9 Å². The normalized spacial score (nSPS) is 21.6. The second-order valence-electron chi connectivity index (χ2n) is 7.37. The standard InChI is InChI=1S/C20H21N5OS/c26-20(21-16-5-2-1-3-6-16)19-23-22-18-9-14-10-24(11-15(14)12-25(18)19)13-17-7-4-8-27-17/h1-8,14-15H,9-13H2,(H,21,26)/t14-,15-/m1/s1. The highest BCUT2D eigenvalue weighted by molar-refractivity contribution is 7.09. The highest BCUT2D eigenvalue weighted by atomic mass is 32.1. The van der Waals surface area contributed by atoms with Gasteiger partial charge in [-0.3, -0.25) is 9.69 Å². The lowest BCUT2D eigenvalue weighted by Gasteiger charge is -2.25. The molecule has 0 aliphatic carbocycles. The molecule has 27 heavy (non-hydrogen) atoms. The van der Waals surface area contributed by atoms with E-state index in [4.69, 9.17) is 0 Å². The number of anilines is 1. The molecular weight excluding hydrogens is 358 g/mol. The zero-order valence-corrected chi connectivity index (χ0v) is 15.7. The molecule has 2 aromatic heterocycles. The van der Waals surface area contributed by atoms with E-state index in [1.807, 2.05) is 46.2 Å². The third kappa shape index (κ3) is 3.28. The molecule has 0 unspecified atom stereocenters. The van der Waals surface area contributed by atoms with E-state index >= 15 is 0 Å². The van der Waals surface area contributed by atoms with Gasteiger partial charge in [0.15, 0.2) is 0 Å². The number of nitrogens with one attached hydrogen (secondary N) is 1. The monoisotopic (exact) mass is 379 g/mol. The minimum Gasteiger partial charge on any atom is -0.319 e. The van der Waals surface area contributed by atoms with Gasteiger partial charge in [0.05, 0.1) is 0 Å². The third-order valence-corrected chi connectivity index (χ3v) is 6.40. The molecule has 0 bridgehead atoms. The molecule has 0 spiro atoms. The van der Waals surface area contributed by atoms with Gasteiger partial charge in [-0.2, -0.15) is 0 Å². The molecule has 2 atom stereocenters. The van der Waals surface area contributed by atoms with Gasteiger partial charge in [-0.05, 0) is 35.4 Å². The topological polar surface area (TPSA) is 63.1 Å². The van der Waals surface area contributed by atoms with Gasteiger partial charge in [0.25, 0.3) is 5.91 Å². The summed E-state index contributed by atoms with van der Waals surface area (Å²) in [7, 11) is 0. The Hall–Kier alpha value is -2.51. The molecule has 138 valence electrons. The van der Waals surface area contributed by atoms with E-state index in [0.29, 0.717) is 17.7 Å². The summed E-state index contributed by atoms with van der Waals surface area (Å²) in [5.74, 6) is 2.33. The van der Waals surface area contributed by atoms with Crippen molar-refractivity contribution in [1.82, 2.24) is 19.7 Å². The maximum absolute atomic E-state index is 12.7. The highest BCUT2D eigenvalue weighted by Crippen LogP contribution is 2.33. The Morgan fingerprint density at radius 3 is 2.74 bits per heavy atom. The van der Waals surface area contributed by atoms with Crippen molar-refractivity contribution in [1.29, 1.82) is 0 Å². The number of benzene rings is 1. The smallest absolute Gasteiger partial charge is 0.293 e. The molecule has 3 aromatic rings. The minimum absolute atomic E-state index is 0.188. The number of nitrogens with zero attached hydrogens (tertiary/aromatic N) is 4. The summed E-state index contributed by atoms with van der Waals surface area (Å²) in [5, 5.41) is 13.6. The van der Waals surface area contributed by atoms with Crippen LogP contribution < -0.4 is 5.32 Å². The molecule has 2 aliphatic heterocycles. The molecule has 7 heteroatoms. The van der Waals surface area contributed by atoms with Crippen molar-refractivity contribution in [3.63, 3.8) is 0 Å². The Balaban J connectivity index is 1.30. The van der Waals surface area contributed by atoms with Gasteiger partial charge in [0, 0.05) is 43.2 Å². The average molecular weight is 379 g/mol. The van der Waals surface area contributed by atoms with Crippen molar-refractivity contribution in [3.8, 4) is 0 Å². The quantitative estimate of drug-likeness (QED) is 0.757. The first-order valence-corrected chi connectivity index (χ1v) is 10.2. The first-order chi connectivity index (χ1) is 13.3. The number of thiophene rings is 1. The Morgan fingerprint density at radius 1 is 1.07 bits per heavy atom. The van der Waals surface area contributed by atoms with Crippen LogP contribution in [0.1, 0.15) is 21.3 Å². The molecule has 2 aliphatic rings. The number of amides is 1. The van der Waals surface area contributed by atoms with Crippen molar-refractivity contribution in [3.05, 3.63) is 64.4 Å². The number of rotatable bonds is 4. The molecule has 6 nitrogen and oxygen atoms in total. The van der Waals surface area contributed by atoms with E-state index in [1.54, 1.807) is 0 Å². The summed E-state index contributed by atoms with van der Waals surface area (Å²) >= 11 is 1.82. The van der Waals surface area contributed by atoms with Gasteiger partial charge in [-0.15, -0.1) is 21.5 Å². The Bertz CT molecular complexity index is 937. The predicted octanol–water partition coefficient (Wildman–Crippen LogP) is 2.90. The zero-order valence-electron chi connectivity index (χ0n) is 14.9. The van der Waals surface area contributed by atoms with Crippen molar-refractivity contribution in [2.45, 2.75) is 19.5 Å². The van der Waals surface area contributed by atoms with Crippen LogP contribution in [0.2, 0.25) is 0 Å². The molecule has 1 saturated heterocycles. The van der Waals surface area contributed by atoms with Gasteiger partial charge in [0.2, 0.25) is 5.82 Å². The second-order valence-corrected chi connectivity index (χ2v) is 8.40. The van der Waals surface area contributed by atoms with Crippen LogP contribution in [-0.2, 0) is 19.5 Å². The largest absolute Gasteiger partial charge is 0.319 e. The molecule has 1 fully saturated rings.